The van der Waals surface area contributed by atoms with Gasteiger partial charge in [-0.1, -0.05) is 79.0 Å². The molecule has 0 bridgehead atoms. The van der Waals surface area contributed by atoms with E-state index in [-0.39, 0.29) is 50.8 Å². The third-order valence-corrected chi connectivity index (χ3v) is 8.06. The highest BCUT2D eigenvalue weighted by atomic mass is 16.9. The van der Waals surface area contributed by atoms with Crippen molar-refractivity contribution >= 4 is 11.9 Å². The number of carbonyl (C=O) groups excluding carboxylic acids is 2. The van der Waals surface area contributed by atoms with Crippen LogP contribution in [0, 0.1) is 0 Å². The summed E-state index contributed by atoms with van der Waals surface area (Å²) in [6, 6.07) is 14.9. The summed E-state index contributed by atoms with van der Waals surface area (Å²) in [4.78, 5) is 25.6. The Hall–Kier alpha value is -3.78. The molecular weight excluding hydrogens is 708 g/mol. The zero-order valence-corrected chi connectivity index (χ0v) is 34.7. The summed E-state index contributed by atoms with van der Waals surface area (Å²) in [7, 11) is 0. The third-order valence-electron chi connectivity index (χ3n) is 8.06. The Labute approximate surface area is 328 Å². The van der Waals surface area contributed by atoms with Crippen molar-refractivity contribution < 1.29 is 57.0 Å². The van der Waals surface area contributed by atoms with Crippen LogP contribution >= 0.6 is 0 Å². The van der Waals surface area contributed by atoms with Crippen molar-refractivity contribution in [2.24, 2.45) is 0 Å². The Balaban J connectivity index is 2.45. The van der Waals surface area contributed by atoms with Crippen LogP contribution in [0.1, 0.15) is 106 Å². The fourth-order valence-corrected chi connectivity index (χ4v) is 5.08. The van der Waals surface area contributed by atoms with Crippen LogP contribution < -0.4 is 9.47 Å². The van der Waals surface area contributed by atoms with E-state index in [2.05, 4.69) is 27.0 Å². The van der Waals surface area contributed by atoms with Gasteiger partial charge in [-0.3, -0.25) is 0 Å². The molecule has 0 aliphatic heterocycles. The maximum Gasteiger partial charge on any atom is 0.362 e. The number of esters is 2. The van der Waals surface area contributed by atoms with Gasteiger partial charge in [-0.25, -0.2) is 9.59 Å². The van der Waals surface area contributed by atoms with Gasteiger partial charge in [0.1, 0.15) is 11.5 Å². The normalized spacial score (nSPS) is 13.1. The lowest BCUT2D eigenvalue weighted by molar-refractivity contribution is -0.438. The van der Waals surface area contributed by atoms with Crippen LogP contribution in [0.15, 0.2) is 72.8 Å². The zero-order valence-electron chi connectivity index (χ0n) is 34.7. The van der Waals surface area contributed by atoms with Gasteiger partial charge < -0.3 is 47.4 Å². The summed E-state index contributed by atoms with van der Waals surface area (Å²) >= 11 is 0. The number of carbonyl (C=O) groups is 2. The molecule has 0 heterocycles. The van der Waals surface area contributed by atoms with Crippen LogP contribution in [-0.4, -0.2) is 76.1 Å². The Morgan fingerprint density at radius 1 is 0.527 bits per heavy atom. The molecule has 0 N–H and O–H groups in total. The highest BCUT2D eigenvalue weighted by Gasteiger charge is 2.49. The van der Waals surface area contributed by atoms with Gasteiger partial charge in [0.05, 0.1) is 26.4 Å². The van der Waals surface area contributed by atoms with Gasteiger partial charge in [-0.2, -0.15) is 0 Å². The second kappa shape index (κ2) is 23.3. The standard InChI is InChI=1S/C43H64O12/c1-13-27-48-42(46-17-5,49-28-14-2)39(54-37(44)31(7)8)52-35-23-19-33(20-24-35)41(11,12)34-21-25-36(26-22-34)53-40(55-38(45)32(9)10)43(47-18-6,50-29-15-3)51-30-16-4/h19-26,39-40H,7,9,13-18,27-30H2,1-6,8,10-12H3. The Bertz CT molecular complexity index is 1340. The van der Waals surface area contributed by atoms with Crippen LogP contribution in [0.4, 0.5) is 0 Å². The lowest BCUT2D eigenvalue weighted by atomic mass is 9.78. The smallest absolute Gasteiger partial charge is 0.362 e. The fourth-order valence-electron chi connectivity index (χ4n) is 5.08. The minimum absolute atomic E-state index is 0.185. The number of benzene rings is 2. The summed E-state index contributed by atoms with van der Waals surface area (Å²) < 4.78 is 60.2. The van der Waals surface area contributed by atoms with Crippen LogP contribution in [0.5, 0.6) is 11.5 Å². The summed E-state index contributed by atoms with van der Waals surface area (Å²) in [5.74, 6) is -4.16. The van der Waals surface area contributed by atoms with Gasteiger partial charge in [-0.15, -0.1) is 0 Å². The fraction of sp³-hybridized carbons (Fsp3) is 0.581. The van der Waals surface area contributed by atoms with Gasteiger partial charge in [0, 0.05) is 29.8 Å². The first-order valence-corrected chi connectivity index (χ1v) is 19.3. The molecule has 0 aliphatic rings. The summed E-state index contributed by atoms with van der Waals surface area (Å²) in [6.45, 7) is 27.6. The predicted octanol–water partition coefficient (Wildman–Crippen LogP) is 8.75. The van der Waals surface area contributed by atoms with E-state index in [1.807, 2.05) is 52.0 Å². The molecule has 12 nitrogen and oxygen atoms in total. The van der Waals surface area contributed by atoms with E-state index >= 15 is 0 Å². The second-order valence-corrected chi connectivity index (χ2v) is 13.4. The number of ether oxygens (including phenoxy) is 10. The molecule has 0 aromatic heterocycles. The first-order valence-electron chi connectivity index (χ1n) is 19.3. The molecule has 2 rings (SSSR count). The maximum atomic E-state index is 12.8. The molecule has 12 heteroatoms. The van der Waals surface area contributed by atoms with E-state index < -0.39 is 41.9 Å². The van der Waals surface area contributed by atoms with Crippen molar-refractivity contribution in [1.29, 1.82) is 0 Å². The SMILES string of the molecule is C=C(C)C(=O)OC(Oc1ccc(C(C)(C)c2ccc(OC(OC(=O)C(=C)C)C(OCC)(OCCC)OCCC)cc2)cc1)C(OCC)(OCCC)OCCC. The average Bonchev–Trinajstić information content (AvgIpc) is 3.16. The lowest BCUT2D eigenvalue weighted by Crippen LogP contribution is -2.55. The third kappa shape index (κ3) is 13.7. The number of hydrogen-bond acceptors (Lipinski definition) is 12. The molecule has 0 fully saturated rings. The van der Waals surface area contributed by atoms with Crippen molar-refractivity contribution in [2.75, 3.05) is 39.6 Å². The molecule has 2 aromatic carbocycles. The van der Waals surface area contributed by atoms with Gasteiger partial charge in [0.2, 0.25) is 0 Å². The minimum atomic E-state index is -1.80. The van der Waals surface area contributed by atoms with E-state index in [9.17, 15) is 9.59 Å². The average molecular weight is 773 g/mol. The predicted molar refractivity (Wildman–Crippen MR) is 209 cm³/mol. The molecule has 0 spiro atoms. The van der Waals surface area contributed by atoms with Crippen molar-refractivity contribution in [3.8, 4) is 11.5 Å². The molecule has 2 atom stereocenters. The topological polar surface area (TPSA) is 126 Å². The Kier molecular flexibility index (Phi) is 20.1. The molecule has 0 saturated carbocycles. The molecular formula is C43H64O12. The first-order chi connectivity index (χ1) is 26.2. The van der Waals surface area contributed by atoms with Crippen molar-refractivity contribution in [3.63, 3.8) is 0 Å². The van der Waals surface area contributed by atoms with E-state index in [1.54, 1.807) is 52.0 Å². The van der Waals surface area contributed by atoms with E-state index in [0.29, 0.717) is 37.2 Å². The monoisotopic (exact) mass is 772 g/mol. The van der Waals surface area contributed by atoms with Crippen LogP contribution in [-0.2, 0) is 52.9 Å². The summed E-state index contributed by atoms with van der Waals surface area (Å²) in [5, 5.41) is 0. The summed E-state index contributed by atoms with van der Waals surface area (Å²) in [6.07, 6.45) is -0.137. The van der Waals surface area contributed by atoms with E-state index in [1.165, 1.54) is 0 Å². The highest BCUT2D eigenvalue weighted by Crippen LogP contribution is 2.36. The molecule has 0 amide bonds. The lowest BCUT2D eigenvalue weighted by Gasteiger charge is -2.38. The van der Waals surface area contributed by atoms with Gasteiger partial charge >= 0.3 is 36.5 Å². The minimum Gasteiger partial charge on any atom is -0.447 e. The zero-order chi connectivity index (χ0) is 41.1. The van der Waals surface area contributed by atoms with Gasteiger partial charge in [-0.05, 0) is 88.8 Å². The van der Waals surface area contributed by atoms with Gasteiger partial charge in [0.15, 0.2) is 0 Å². The molecule has 2 unspecified atom stereocenters. The molecule has 0 aliphatic carbocycles. The van der Waals surface area contributed by atoms with Crippen LogP contribution in [0.3, 0.4) is 0 Å². The van der Waals surface area contributed by atoms with Crippen LogP contribution in [0.2, 0.25) is 0 Å². The van der Waals surface area contributed by atoms with E-state index in [4.69, 9.17) is 47.4 Å². The molecule has 308 valence electrons. The van der Waals surface area contributed by atoms with Gasteiger partial charge in [0.25, 0.3) is 0 Å². The Morgan fingerprint density at radius 2 is 0.818 bits per heavy atom. The molecule has 0 saturated heterocycles. The molecule has 0 radical (unpaired) electrons. The molecule has 55 heavy (non-hydrogen) atoms. The van der Waals surface area contributed by atoms with E-state index in [0.717, 1.165) is 11.1 Å². The second-order valence-electron chi connectivity index (χ2n) is 13.4. The van der Waals surface area contributed by atoms with Crippen molar-refractivity contribution in [2.45, 2.75) is 125 Å². The summed E-state index contributed by atoms with van der Waals surface area (Å²) in [5.41, 5.74) is 1.82. The largest absolute Gasteiger partial charge is 0.447 e. The molecule has 2 aromatic rings. The first kappa shape index (κ1) is 47.4. The number of rotatable bonds is 28. The van der Waals surface area contributed by atoms with Crippen LogP contribution in [0.25, 0.3) is 0 Å². The highest BCUT2D eigenvalue weighted by molar-refractivity contribution is 5.87. The quantitative estimate of drug-likeness (QED) is 0.0466. The Morgan fingerprint density at radius 3 is 1.05 bits per heavy atom. The maximum absolute atomic E-state index is 12.8. The van der Waals surface area contributed by atoms with Crippen molar-refractivity contribution in [1.82, 2.24) is 0 Å². The number of hydrogen-bond donors (Lipinski definition) is 0. The van der Waals surface area contributed by atoms with Crippen molar-refractivity contribution in [3.05, 3.63) is 84.0 Å².